The molecule has 1 fully saturated rings. The van der Waals surface area contributed by atoms with Gasteiger partial charge in [0.25, 0.3) is 11.5 Å². The van der Waals surface area contributed by atoms with Gasteiger partial charge in [-0.05, 0) is 56.9 Å². The summed E-state index contributed by atoms with van der Waals surface area (Å²) < 4.78 is 13.2. The summed E-state index contributed by atoms with van der Waals surface area (Å²) in [6.45, 7) is 3.55. The van der Waals surface area contributed by atoms with Gasteiger partial charge in [0.2, 0.25) is 0 Å². The lowest BCUT2D eigenvalue weighted by atomic mass is 9.94. The van der Waals surface area contributed by atoms with Crippen molar-refractivity contribution in [3.8, 4) is 0 Å². The smallest absolute Gasteiger partial charge is 0.261 e. The predicted molar refractivity (Wildman–Crippen MR) is 95.8 cm³/mol. The topological polar surface area (TPSA) is 70.2 Å². The van der Waals surface area contributed by atoms with E-state index in [1.807, 2.05) is 0 Å². The number of aryl methyl sites for hydroxylation is 1. The number of piperidine rings is 1. The van der Waals surface area contributed by atoms with Crippen LogP contribution in [0.15, 0.2) is 35.1 Å². The van der Waals surface area contributed by atoms with Gasteiger partial charge < -0.3 is 9.88 Å². The van der Waals surface area contributed by atoms with Crippen LogP contribution in [-0.4, -0.2) is 28.1 Å². The number of nitrogens with one attached hydrogen (secondary N) is 1. The normalized spacial score (nSPS) is 17.2. The van der Waals surface area contributed by atoms with Crippen LogP contribution >= 0.6 is 0 Å². The molecule has 1 saturated heterocycles. The zero-order valence-corrected chi connectivity index (χ0v) is 14.8. The Labute approximate surface area is 150 Å². The number of carbonyl (C=O) groups excluding carboxylic acids is 2. The molecule has 1 aliphatic rings. The third kappa shape index (κ3) is 3.45. The summed E-state index contributed by atoms with van der Waals surface area (Å²) in [6.07, 6.45) is 2.54. The number of rotatable bonds is 3. The van der Waals surface area contributed by atoms with Crippen molar-refractivity contribution in [3.05, 3.63) is 68.9 Å². The van der Waals surface area contributed by atoms with Gasteiger partial charge >= 0.3 is 0 Å². The van der Waals surface area contributed by atoms with Gasteiger partial charge in [-0.25, -0.2) is 4.39 Å². The molecule has 0 spiro atoms. The standard InChI is InChI=1S/C20H21FN2O3/c1-12-16(13(2)24)11-17(19(25)22-12)20(26)23-10-4-3-5-18(23)14-6-8-15(21)9-7-14/h6-9,11,18H,3-5,10H2,1-2H3,(H,22,25)/t18-/m0/s1. The lowest BCUT2D eigenvalue weighted by Gasteiger charge is -2.36. The highest BCUT2D eigenvalue weighted by Crippen LogP contribution is 2.32. The number of halogens is 1. The second-order valence-corrected chi connectivity index (χ2v) is 6.67. The number of hydrogen-bond acceptors (Lipinski definition) is 3. The molecular weight excluding hydrogens is 335 g/mol. The van der Waals surface area contributed by atoms with Crippen molar-refractivity contribution in [2.75, 3.05) is 6.54 Å². The van der Waals surface area contributed by atoms with E-state index in [4.69, 9.17) is 0 Å². The van der Waals surface area contributed by atoms with E-state index in [9.17, 15) is 18.8 Å². The van der Waals surface area contributed by atoms with Crippen molar-refractivity contribution < 1.29 is 14.0 Å². The predicted octanol–water partition coefficient (Wildman–Crippen LogP) is 3.39. The number of Topliss-reactive ketones (excluding diaryl/α,β-unsaturated/α-hetero) is 1. The maximum absolute atomic E-state index is 13.2. The number of aromatic nitrogens is 1. The summed E-state index contributed by atoms with van der Waals surface area (Å²) in [6, 6.07) is 7.27. The summed E-state index contributed by atoms with van der Waals surface area (Å²) in [5.41, 5.74) is 1.10. The number of amides is 1. The van der Waals surface area contributed by atoms with Crippen molar-refractivity contribution in [3.63, 3.8) is 0 Å². The number of nitrogens with zero attached hydrogens (tertiary/aromatic N) is 1. The molecule has 2 heterocycles. The molecule has 136 valence electrons. The monoisotopic (exact) mass is 356 g/mol. The molecule has 1 aliphatic heterocycles. The fraction of sp³-hybridized carbons (Fsp3) is 0.350. The van der Waals surface area contributed by atoms with Crippen LogP contribution in [0, 0.1) is 12.7 Å². The number of pyridine rings is 1. The SMILES string of the molecule is CC(=O)c1cc(C(=O)N2CCCC[C@H]2c2ccc(F)cc2)c(=O)[nH]c1C. The van der Waals surface area contributed by atoms with Gasteiger partial charge in [-0.2, -0.15) is 0 Å². The molecule has 1 aromatic heterocycles. The van der Waals surface area contributed by atoms with Gasteiger partial charge in [0.1, 0.15) is 11.4 Å². The molecule has 0 bridgehead atoms. The molecule has 3 rings (SSSR count). The minimum atomic E-state index is -0.499. The molecule has 5 nitrogen and oxygen atoms in total. The Bertz CT molecular complexity index is 902. The maximum atomic E-state index is 13.2. The Morgan fingerprint density at radius 1 is 1.15 bits per heavy atom. The first-order valence-electron chi connectivity index (χ1n) is 8.70. The van der Waals surface area contributed by atoms with E-state index in [-0.39, 0.29) is 23.2 Å². The minimum absolute atomic E-state index is 0.0326. The lowest BCUT2D eigenvalue weighted by Crippen LogP contribution is -2.41. The number of likely N-dealkylation sites (tertiary alicyclic amines) is 1. The molecular formula is C20H21FN2O3. The number of hydrogen-bond donors (Lipinski definition) is 1. The highest BCUT2D eigenvalue weighted by Gasteiger charge is 2.30. The Balaban J connectivity index is 1.99. The largest absolute Gasteiger partial charge is 0.331 e. The van der Waals surface area contributed by atoms with E-state index in [0.29, 0.717) is 17.8 Å². The number of H-pyrrole nitrogens is 1. The maximum Gasteiger partial charge on any atom is 0.261 e. The molecule has 6 heteroatoms. The average Bonchev–Trinajstić information content (AvgIpc) is 2.61. The van der Waals surface area contributed by atoms with Crippen molar-refractivity contribution in [1.82, 2.24) is 9.88 Å². The summed E-state index contributed by atoms with van der Waals surface area (Å²) in [4.78, 5) is 41.4. The molecule has 1 amide bonds. The van der Waals surface area contributed by atoms with Crippen LogP contribution in [0.5, 0.6) is 0 Å². The van der Waals surface area contributed by atoms with Crippen LogP contribution in [0.3, 0.4) is 0 Å². The van der Waals surface area contributed by atoms with Gasteiger partial charge in [0.15, 0.2) is 5.78 Å². The lowest BCUT2D eigenvalue weighted by molar-refractivity contribution is 0.0609. The van der Waals surface area contributed by atoms with Gasteiger partial charge in [0.05, 0.1) is 6.04 Å². The minimum Gasteiger partial charge on any atom is -0.331 e. The van der Waals surface area contributed by atoms with Crippen LogP contribution in [-0.2, 0) is 0 Å². The third-order valence-corrected chi connectivity index (χ3v) is 4.87. The van der Waals surface area contributed by atoms with Crippen molar-refractivity contribution in [2.24, 2.45) is 0 Å². The number of ketones is 1. The zero-order chi connectivity index (χ0) is 18.8. The Morgan fingerprint density at radius 2 is 1.85 bits per heavy atom. The van der Waals surface area contributed by atoms with Crippen LogP contribution in [0.25, 0.3) is 0 Å². The van der Waals surface area contributed by atoms with Crippen molar-refractivity contribution in [2.45, 2.75) is 39.2 Å². The van der Waals surface area contributed by atoms with Gasteiger partial charge in [-0.1, -0.05) is 12.1 Å². The first kappa shape index (κ1) is 18.0. The Kier molecular flexibility index (Phi) is 5.02. The quantitative estimate of drug-likeness (QED) is 0.857. The number of benzene rings is 1. The molecule has 1 aromatic carbocycles. The molecule has 0 radical (unpaired) electrons. The fourth-order valence-electron chi connectivity index (χ4n) is 3.51. The summed E-state index contributed by atoms with van der Waals surface area (Å²) >= 11 is 0. The second kappa shape index (κ2) is 7.23. The number of aromatic amines is 1. The molecule has 0 saturated carbocycles. The summed E-state index contributed by atoms with van der Waals surface area (Å²) in [5, 5.41) is 0. The van der Waals surface area contributed by atoms with Gasteiger partial charge in [0, 0.05) is 17.8 Å². The molecule has 0 aliphatic carbocycles. The van der Waals surface area contributed by atoms with Crippen LogP contribution in [0.1, 0.15) is 64.2 Å². The van der Waals surface area contributed by atoms with E-state index in [0.717, 1.165) is 24.8 Å². The Hall–Kier alpha value is -2.76. The van der Waals surface area contributed by atoms with E-state index < -0.39 is 11.5 Å². The Morgan fingerprint density at radius 3 is 2.50 bits per heavy atom. The fourth-order valence-corrected chi connectivity index (χ4v) is 3.51. The molecule has 1 N–H and O–H groups in total. The third-order valence-electron chi connectivity index (χ3n) is 4.87. The van der Waals surface area contributed by atoms with Gasteiger partial charge in [-0.3, -0.25) is 14.4 Å². The number of carbonyl (C=O) groups is 2. The molecule has 1 atom stereocenters. The van der Waals surface area contributed by atoms with E-state index in [2.05, 4.69) is 4.98 Å². The zero-order valence-electron chi connectivity index (χ0n) is 14.8. The van der Waals surface area contributed by atoms with E-state index in [1.54, 1.807) is 24.0 Å². The van der Waals surface area contributed by atoms with Crippen LogP contribution in [0.2, 0.25) is 0 Å². The summed E-state index contributed by atoms with van der Waals surface area (Å²) in [7, 11) is 0. The van der Waals surface area contributed by atoms with Crippen LogP contribution < -0.4 is 5.56 Å². The van der Waals surface area contributed by atoms with E-state index >= 15 is 0 Å². The second-order valence-electron chi connectivity index (χ2n) is 6.67. The first-order chi connectivity index (χ1) is 12.4. The summed E-state index contributed by atoms with van der Waals surface area (Å²) in [5.74, 6) is -0.937. The highest BCUT2D eigenvalue weighted by molar-refractivity contribution is 6.00. The first-order valence-corrected chi connectivity index (χ1v) is 8.70. The van der Waals surface area contributed by atoms with Gasteiger partial charge in [-0.15, -0.1) is 0 Å². The molecule has 26 heavy (non-hydrogen) atoms. The molecule has 2 aromatic rings. The van der Waals surface area contributed by atoms with Crippen LogP contribution in [0.4, 0.5) is 4.39 Å². The molecule has 0 unspecified atom stereocenters. The van der Waals surface area contributed by atoms with Crippen molar-refractivity contribution in [1.29, 1.82) is 0 Å². The average molecular weight is 356 g/mol. The highest BCUT2D eigenvalue weighted by atomic mass is 19.1. The van der Waals surface area contributed by atoms with E-state index in [1.165, 1.54) is 25.1 Å². The van der Waals surface area contributed by atoms with Crippen molar-refractivity contribution >= 4 is 11.7 Å².